The van der Waals surface area contributed by atoms with Gasteiger partial charge in [0.15, 0.2) is 0 Å². The molecule has 0 spiro atoms. The molecule has 0 aliphatic carbocycles. The van der Waals surface area contributed by atoms with Gasteiger partial charge < -0.3 is 9.67 Å². The summed E-state index contributed by atoms with van der Waals surface area (Å²) in [6.07, 6.45) is 3.06. The van der Waals surface area contributed by atoms with Crippen LogP contribution in [0, 0.1) is 6.92 Å². The number of carbonyl (C=O) groups is 1. The van der Waals surface area contributed by atoms with Crippen LogP contribution in [0.2, 0.25) is 0 Å². The zero-order valence-electron chi connectivity index (χ0n) is 11.3. The second-order valence-corrected chi connectivity index (χ2v) is 5.00. The molecule has 0 saturated carbocycles. The van der Waals surface area contributed by atoms with E-state index in [1.807, 2.05) is 6.92 Å². The van der Waals surface area contributed by atoms with Crippen LogP contribution < -0.4 is 0 Å². The van der Waals surface area contributed by atoms with Gasteiger partial charge in [-0.2, -0.15) is 0 Å². The molecular formula is C15H19NO2. The molecule has 2 aromatic rings. The Morgan fingerprint density at radius 2 is 2.06 bits per heavy atom. The number of aromatic nitrogens is 1. The van der Waals surface area contributed by atoms with Crippen molar-refractivity contribution in [2.75, 3.05) is 0 Å². The number of aryl methyl sites for hydroxylation is 2. The molecule has 0 atom stereocenters. The number of hydrogen-bond donors (Lipinski definition) is 1. The highest BCUT2D eigenvalue weighted by Gasteiger charge is 2.14. The smallest absolute Gasteiger partial charge is 0.335 e. The summed E-state index contributed by atoms with van der Waals surface area (Å²) in [5, 5.41) is 10.2. The maximum absolute atomic E-state index is 11.1. The predicted octanol–water partition coefficient (Wildman–Crippen LogP) is 3.79. The molecule has 0 aliphatic rings. The van der Waals surface area contributed by atoms with Gasteiger partial charge in [-0.05, 0) is 50.5 Å². The van der Waals surface area contributed by atoms with Gasteiger partial charge in [0.25, 0.3) is 0 Å². The van der Waals surface area contributed by atoms with Gasteiger partial charge in [-0.25, -0.2) is 4.79 Å². The Bertz CT molecular complexity index is 608. The maximum Gasteiger partial charge on any atom is 0.335 e. The largest absolute Gasteiger partial charge is 0.478 e. The average Bonchev–Trinajstić information content (AvgIpc) is 2.68. The van der Waals surface area contributed by atoms with Crippen LogP contribution in [0.25, 0.3) is 10.9 Å². The van der Waals surface area contributed by atoms with Crippen molar-refractivity contribution in [3.05, 3.63) is 35.0 Å². The Morgan fingerprint density at radius 3 is 2.56 bits per heavy atom. The first-order valence-electron chi connectivity index (χ1n) is 6.33. The Hall–Kier alpha value is -1.77. The van der Waals surface area contributed by atoms with Crippen molar-refractivity contribution in [3.63, 3.8) is 0 Å². The van der Waals surface area contributed by atoms with E-state index < -0.39 is 5.97 Å². The third-order valence-electron chi connectivity index (χ3n) is 3.38. The first-order chi connectivity index (χ1) is 8.45. The second-order valence-electron chi connectivity index (χ2n) is 5.00. The normalized spacial score (nSPS) is 11.4. The molecular weight excluding hydrogens is 226 g/mol. The molecule has 0 bridgehead atoms. The number of hydrogen-bond acceptors (Lipinski definition) is 1. The number of benzene rings is 1. The van der Waals surface area contributed by atoms with E-state index in [-0.39, 0.29) is 0 Å². The summed E-state index contributed by atoms with van der Waals surface area (Å²) in [5.41, 5.74) is 3.77. The molecule has 96 valence electrons. The van der Waals surface area contributed by atoms with Crippen LogP contribution in [-0.4, -0.2) is 15.6 Å². The minimum atomic E-state index is -0.862. The van der Waals surface area contributed by atoms with E-state index in [0.29, 0.717) is 11.6 Å². The van der Waals surface area contributed by atoms with E-state index in [4.69, 9.17) is 5.11 Å². The van der Waals surface area contributed by atoms with Gasteiger partial charge in [0.2, 0.25) is 0 Å². The van der Waals surface area contributed by atoms with Crippen LogP contribution in [0.4, 0.5) is 0 Å². The Balaban J connectivity index is 2.83. The number of aromatic carboxylic acids is 1. The van der Waals surface area contributed by atoms with Gasteiger partial charge in [0, 0.05) is 17.6 Å². The summed E-state index contributed by atoms with van der Waals surface area (Å²) >= 11 is 0. The lowest BCUT2D eigenvalue weighted by molar-refractivity contribution is 0.0697. The molecule has 3 heteroatoms. The lowest BCUT2D eigenvalue weighted by Crippen LogP contribution is -2.01. The summed E-state index contributed by atoms with van der Waals surface area (Å²) in [5.74, 6) is -0.862. The van der Waals surface area contributed by atoms with Gasteiger partial charge in [0.1, 0.15) is 0 Å². The van der Waals surface area contributed by atoms with Crippen molar-refractivity contribution in [1.82, 2.24) is 4.57 Å². The molecule has 3 nitrogen and oxygen atoms in total. The summed E-state index contributed by atoms with van der Waals surface area (Å²) in [4.78, 5) is 11.1. The fourth-order valence-corrected chi connectivity index (χ4v) is 2.48. The summed E-state index contributed by atoms with van der Waals surface area (Å²) in [6, 6.07) is 3.92. The van der Waals surface area contributed by atoms with Crippen LogP contribution in [-0.2, 0) is 6.42 Å². The number of carboxylic acids is 1. The topological polar surface area (TPSA) is 42.2 Å². The zero-order chi connectivity index (χ0) is 13.4. The highest BCUT2D eigenvalue weighted by molar-refractivity contribution is 5.96. The molecule has 1 aromatic heterocycles. The van der Waals surface area contributed by atoms with Gasteiger partial charge in [-0.3, -0.25) is 0 Å². The number of nitrogens with zero attached hydrogens (tertiary/aromatic N) is 1. The summed E-state index contributed by atoms with van der Waals surface area (Å²) < 4.78 is 2.23. The van der Waals surface area contributed by atoms with E-state index >= 15 is 0 Å². The molecule has 0 saturated heterocycles. The van der Waals surface area contributed by atoms with Crippen molar-refractivity contribution in [2.45, 2.75) is 40.2 Å². The van der Waals surface area contributed by atoms with Crippen molar-refractivity contribution >= 4 is 16.9 Å². The molecule has 0 unspecified atom stereocenters. The van der Waals surface area contributed by atoms with E-state index in [2.05, 4.69) is 31.5 Å². The van der Waals surface area contributed by atoms with Crippen LogP contribution in [0.15, 0.2) is 18.3 Å². The first-order valence-corrected chi connectivity index (χ1v) is 6.33. The summed E-state index contributed by atoms with van der Waals surface area (Å²) in [6.45, 7) is 8.36. The molecule has 1 N–H and O–H groups in total. The van der Waals surface area contributed by atoms with E-state index in [0.717, 1.165) is 22.9 Å². The quantitative estimate of drug-likeness (QED) is 0.893. The molecule has 2 rings (SSSR count). The van der Waals surface area contributed by atoms with E-state index in [1.165, 1.54) is 5.56 Å². The number of fused-ring (bicyclic) bond motifs is 1. The Kier molecular flexibility index (Phi) is 3.16. The Labute approximate surface area is 107 Å². The third-order valence-corrected chi connectivity index (χ3v) is 3.38. The lowest BCUT2D eigenvalue weighted by atomic mass is 10.0. The van der Waals surface area contributed by atoms with Crippen LogP contribution in [0.3, 0.4) is 0 Å². The average molecular weight is 245 g/mol. The van der Waals surface area contributed by atoms with Crippen LogP contribution in [0.5, 0.6) is 0 Å². The highest BCUT2D eigenvalue weighted by Crippen LogP contribution is 2.29. The number of carboxylic acid groups (broad SMARTS) is 1. The zero-order valence-corrected chi connectivity index (χ0v) is 11.3. The first kappa shape index (κ1) is 12.7. The van der Waals surface area contributed by atoms with Gasteiger partial charge in [-0.1, -0.05) is 6.92 Å². The minimum absolute atomic E-state index is 0.371. The molecule has 0 aliphatic heterocycles. The molecule has 0 radical (unpaired) electrons. The monoisotopic (exact) mass is 245 g/mol. The van der Waals surface area contributed by atoms with Crippen LogP contribution >= 0.6 is 0 Å². The van der Waals surface area contributed by atoms with Gasteiger partial charge >= 0.3 is 5.97 Å². The van der Waals surface area contributed by atoms with Crippen molar-refractivity contribution in [1.29, 1.82) is 0 Å². The molecule has 0 amide bonds. The van der Waals surface area contributed by atoms with E-state index in [9.17, 15) is 4.79 Å². The lowest BCUT2D eigenvalue weighted by Gasteiger charge is -2.11. The fraction of sp³-hybridized carbons (Fsp3) is 0.400. The maximum atomic E-state index is 11.1. The van der Waals surface area contributed by atoms with E-state index in [1.54, 1.807) is 12.1 Å². The second kappa shape index (κ2) is 4.48. The molecule has 18 heavy (non-hydrogen) atoms. The predicted molar refractivity (Wildman–Crippen MR) is 73.4 cm³/mol. The van der Waals surface area contributed by atoms with Gasteiger partial charge in [0.05, 0.1) is 11.1 Å². The van der Waals surface area contributed by atoms with Crippen molar-refractivity contribution < 1.29 is 9.90 Å². The minimum Gasteiger partial charge on any atom is -0.478 e. The molecule has 0 fully saturated rings. The van der Waals surface area contributed by atoms with Crippen molar-refractivity contribution in [2.24, 2.45) is 0 Å². The molecule has 1 heterocycles. The Morgan fingerprint density at radius 1 is 1.39 bits per heavy atom. The van der Waals surface area contributed by atoms with Gasteiger partial charge in [-0.15, -0.1) is 0 Å². The number of rotatable bonds is 3. The molecule has 1 aromatic carbocycles. The van der Waals surface area contributed by atoms with Crippen molar-refractivity contribution in [3.8, 4) is 0 Å². The standard InChI is InChI=1S/C15H19NO2/c1-5-11-8-16(9(2)3)14-10(4)6-12(15(17)18)7-13(11)14/h6-9H,5H2,1-4H3,(H,17,18). The third kappa shape index (κ3) is 1.90. The summed E-state index contributed by atoms with van der Waals surface area (Å²) in [7, 11) is 0. The van der Waals surface area contributed by atoms with Crippen LogP contribution in [0.1, 0.15) is 48.3 Å². The SMILES string of the molecule is CCc1cn(C(C)C)c2c(C)cc(C(=O)O)cc12. The fourth-order valence-electron chi connectivity index (χ4n) is 2.48. The highest BCUT2D eigenvalue weighted by atomic mass is 16.4.